The highest BCUT2D eigenvalue weighted by Gasteiger charge is 2.21. The standard InChI is InChI=1S/C20H20O/c1-2-19(16-9-4-3-5-10-16)20(21)18-13-12-15-8-6-7-11-17(15)14-18/h3-14,19-21H,2H2,1H3. The van der Waals surface area contributed by atoms with Crippen molar-refractivity contribution in [3.63, 3.8) is 0 Å². The molecule has 3 aromatic carbocycles. The number of fused-ring (bicyclic) bond motifs is 1. The minimum atomic E-state index is -0.470. The van der Waals surface area contributed by atoms with Crippen LogP contribution in [-0.2, 0) is 0 Å². The van der Waals surface area contributed by atoms with E-state index < -0.39 is 6.10 Å². The largest absolute Gasteiger partial charge is 0.388 e. The van der Waals surface area contributed by atoms with Crippen LogP contribution in [0, 0.1) is 0 Å². The van der Waals surface area contributed by atoms with Gasteiger partial charge in [-0.1, -0.05) is 73.7 Å². The maximum Gasteiger partial charge on any atom is 0.0858 e. The van der Waals surface area contributed by atoms with Gasteiger partial charge < -0.3 is 5.11 Å². The Hall–Kier alpha value is -2.12. The van der Waals surface area contributed by atoms with E-state index in [0.717, 1.165) is 12.0 Å². The molecule has 0 saturated carbocycles. The molecule has 0 bridgehead atoms. The fourth-order valence-electron chi connectivity index (χ4n) is 2.97. The van der Waals surface area contributed by atoms with Gasteiger partial charge in [0.1, 0.15) is 0 Å². The summed E-state index contributed by atoms with van der Waals surface area (Å²) >= 11 is 0. The first kappa shape index (κ1) is 13.8. The Kier molecular flexibility index (Phi) is 4.03. The third-order valence-corrected chi connectivity index (χ3v) is 4.16. The lowest BCUT2D eigenvalue weighted by molar-refractivity contribution is 0.142. The number of hydrogen-bond acceptors (Lipinski definition) is 1. The van der Waals surface area contributed by atoms with E-state index in [1.807, 2.05) is 36.4 Å². The van der Waals surface area contributed by atoms with E-state index in [-0.39, 0.29) is 5.92 Å². The molecule has 0 aromatic heterocycles. The molecular formula is C20H20O. The molecule has 1 N–H and O–H groups in total. The molecule has 0 aliphatic heterocycles. The van der Waals surface area contributed by atoms with E-state index in [4.69, 9.17) is 0 Å². The fraction of sp³-hybridized carbons (Fsp3) is 0.200. The predicted molar refractivity (Wildman–Crippen MR) is 88.4 cm³/mol. The maximum absolute atomic E-state index is 10.8. The zero-order valence-electron chi connectivity index (χ0n) is 12.2. The van der Waals surface area contributed by atoms with Gasteiger partial charge in [0.25, 0.3) is 0 Å². The van der Waals surface area contributed by atoms with Crippen LogP contribution in [-0.4, -0.2) is 5.11 Å². The first-order valence-corrected chi connectivity index (χ1v) is 7.51. The summed E-state index contributed by atoms with van der Waals surface area (Å²) < 4.78 is 0. The molecule has 21 heavy (non-hydrogen) atoms. The quantitative estimate of drug-likeness (QED) is 0.705. The molecule has 0 radical (unpaired) electrons. The van der Waals surface area contributed by atoms with Gasteiger partial charge in [0.15, 0.2) is 0 Å². The monoisotopic (exact) mass is 276 g/mol. The molecule has 0 aliphatic rings. The van der Waals surface area contributed by atoms with E-state index in [1.165, 1.54) is 16.3 Å². The van der Waals surface area contributed by atoms with Crippen molar-refractivity contribution in [2.45, 2.75) is 25.4 Å². The van der Waals surface area contributed by atoms with Crippen molar-refractivity contribution in [2.75, 3.05) is 0 Å². The second-order valence-electron chi connectivity index (χ2n) is 5.48. The Labute approximate surface area is 125 Å². The zero-order chi connectivity index (χ0) is 14.7. The SMILES string of the molecule is CCC(c1ccccc1)C(O)c1ccc2ccccc2c1. The molecule has 2 unspecified atom stereocenters. The van der Waals surface area contributed by atoms with Crippen LogP contribution in [0.15, 0.2) is 72.8 Å². The van der Waals surface area contributed by atoms with Crippen molar-refractivity contribution < 1.29 is 5.11 Å². The van der Waals surface area contributed by atoms with Gasteiger partial charge >= 0.3 is 0 Å². The van der Waals surface area contributed by atoms with Crippen LogP contribution < -0.4 is 0 Å². The first-order chi connectivity index (χ1) is 10.3. The van der Waals surface area contributed by atoms with E-state index in [0.29, 0.717) is 0 Å². The van der Waals surface area contributed by atoms with E-state index in [2.05, 4.69) is 43.3 Å². The molecule has 0 aliphatic carbocycles. The van der Waals surface area contributed by atoms with Gasteiger partial charge in [-0.3, -0.25) is 0 Å². The van der Waals surface area contributed by atoms with E-state index in [1.54, 1.807) is 0 Å². The van der Waals surface area contributed by atoms with Crippen molar-refractivity contribution in [3.8, 4) is 0 Å². The molecular weight excluding hydrogens is 256 g/mol. The highest BCUT2D eigenvalue weighted by atomic mass is 16.3. The molecule has 0 spiro atoms. The summed E-state index contributed by atoms with van der Waals surface area (Å²) in [6.45, 7) is 2.13. The Morgan fingerprint density at radius 3 is 2.14 bits per heavy atom. The van der Waals surface area contributed by atoms with Gasteiger partial charge in [-0.15, -0.1) is 0 Å². The molecule has 0 amide bonds. The topological polar surface area (TPSA) is 20.2 Å². The average Bonchev–Trinajstić information content (AvgIpc) is 2.56. The number of rotatable bonds is 4. The summed E-state index contributed by atoms with van der Waals surface area (Å²) in [5.74, 6) is 0.132. The Morgan fingerprint density at radius 2 is 1.43 bits per heavy atom. The van der Waals surface area contributed by atoms with E-state index in [9.17, 15) is 5.11 Å². The molecule has 1 nitrogen and oxygen atoms in total. The molecule has 2 atom stereocenters. The molecule has 0 heterocycles. The second kappa shape index (κ2) is 6.11. The van der Waals surface area contributed by atoms with Crippen LogP contribution in [0.4, 0.5) is 0 Å². The van der Waals surface area contributed by atoms with E-state index >= 15 is 0 Å². The lowest BCUT2D eigenvalue weighted by atomic mass is 9.86. The Morgan fingerprint density at radius 1 is 0.762 bits per heavy atom. The molecule has 0 fully saturated rings. The average molecular weight is 276 g/mol. The van der Waals surface area contributed by atoms with Gasteiger partial charge in [-0.25, -0.2) is 0 Å². The van der Waals surface area contributed by atoms with Gasteiger partial charge in [-0.2, -0.15) is 0 Å². The lowest BCUT2D eigenvalue weighted by Gasteiger charge is -2.23. The summed E-state index contributed by atoms with van der Waals surface area (Å²) in [4.78, 5) is 0. The van der Waals surface area contributed by atoms with Gasteiger partial charge in [0, 0.05) is 5.92 Å². The number of hydrogen-bond donors (Lipinski definition) is 1. The summed E-state index contributed by atoms with van der Waals surface area (Å²) in [7, 11) is 0. The van der Waals surface area contributed by atoms with Gasteiger partial charge in [0.2, 0.25) is 0 Å². The summed E-state index contributed by atoms with van der Waals surface area (Å²) in [6.07, 6.45) is 0.444. The fourth-order valence-corrected chi connectivity index (χ4v) is 2.97. The van der Waals surface area contributed by atoms with Crippen LogP contribution in [0.5, 0.6) is 0 Å². The third-order valence-electron chi connectivity index (χ3n) is 4.16. The second-order valence-corrected chi connectivity index (χ2v) is 5.48. The number of aliphatic hydroxyl groups excluding tert-OH is 1. The molecule has 3 rings (SSSR count). The summed E-state index contributed by atoms with van der Waals surface area (Å²) in [6, 6.07) is 24.8. The predicted octanol–water partition coefficient (Wildman–Crippen LogP) is 5.07. The van der Waals surface area contributed by atoms with Crippen LogP contribution in [0.25, 0.3) is 10.8 Å². The zero-order valence-corrected chi connectivity index (χ0v) is 12.2. The highest BCUT2D eigenvalue weighted by Crippen LogP contribution is 2.34. The molecule has 1 heteroatoms. The van der Waals surface area contributed by atoms with Crippen LogP contribution in [0.1, 0.15) is 36.5 Å². The van der Waals surface area contributed by atoms with Crippen molar-refractivity contribution in [2.24, 2.45) is 0 Å². The number of aliphatic hydroxyl groups is 1. The van der Waals surface area contributed by atoms with Crippen LogP contribution >= 0.6 is 0 Å². The maximum atomic E-state index is 10.8. The van der Waals surface area contributed by atoms with Crippen LogP contribution in [0.3, 0.4) is 0 Å². The molecule has 3 aromatic rings. The summed E-state index contributed by atoms with van der Waals surface area (Å²) in [5.41, 5.74) is 2.19. The lowest BCUT2D eigenvalue weighted by Crippen LogP contribution is -2.10. The van der Waals surface area contributed by atoms with Crippen molar-refractivity contribution >= 4 is 10.8 Å². The molecule has 106 valence electrons. The smallest absolute Gasteiger partial charge is 0.0858 e. The van der Waals surface area contributed by atoms with Crippen molar-refractivity contribution in [1.29, 1.82) is 0 Å². The Balaban J connectivity index is 1.96. The van der Waals surface area contributed by atoms with Crippen molar-refractivity contribution in [3.05, 3.63) is 83.9 Å². The molecule has 0 saturated heterocycles. The third kappa shape index (κ3) is 2.84. The minimum Gasteiger partial charge on any atom is -0.388 e. The van der Waals surface area contributed by atoms with Gasteiger partial charge in [0.05, 0.1) is 6.10 Å². The van der Waals surface area contributed by atoms with Crippen molar-refractivity contribution in [1.82, 2.24) is 0 Å². The summed E-state index contributed by atoms with van der Waals surface area (Å²) in [5, 5.41) is 13.2. The normalized spacial score (nSPS) is 14.0. The highest BCUT2D eigenvalue weighted by molar-refractivity contribution is 5.83. The minimum absolute atomic E-state index is 0.132. The Bertz CT molecular complexity index is 718. The van der Waals surface area contributed by atoms with Crippen LogP contribution in [0.2, 0.25) is 0 Å². The number of benzene rings is 3. The van der Waals surface area contributed by atoms with Gasteiger partial charge in [-0.05, 0) is 34.4 Å². The first-order valence-electron chi connectivity index (χ1n) is 7.51.